The lowest BCUT2D eigenvalue weighted by atomic mass is 9.78. The van der Waals surface area contributed by atoms with E-state index in [0.717, 1.165) is 13.0 Å². The summed E-state index contributed by atoms with van der Waals surface area (Å²) >= 11 is 0. The Morgan fingerprint density at radius 1 is 1.30 bits per heavy atom. The molecule has 1 spiro atoms. The van der Waals surface area contributed by atoms with Crippen molar-refractivity contribution in [2.24, 2.45) is 10.8 Å². The third kappa shape index (κ3) is 4.09. The van der Waals surface area contributed by atoms with Crippen LogP contribution in [0.25, 0.3) is 0 Å². The molecule has 2 saturated heterocycles. The molecule has 0 saturated carbocycles. The van der Waals surface area contributed by atoms with Gasteiger partial charge in [-0.05, 0) is 71.1 Å². The van der Waals surface area contributed by atoms with Crippen LogP contribution < -0.4 is 5.32 Å². The SMILES string of the molecule is COC(=O)C(C)(C)CCN1CCC2(CCNCC2)C1.Cl. The molecule has 20 heavy (non-hydrogen) atoms. The molecule has 2 aliphatic heterocycles. The van der Waals surface area contributed by atoms with Crippen LogP contribution in [0.5, 0.6) is 0 Å². The van der Waals surface area contributed by atoms with Crippen LogP contribution >= 0.6 is 12.4 Å². The van der Waals surface area contributed by atoms with E-state index >= 15 is 0 Å². The van der Waals surface area contributed by atoms with Gasteiger partial charge in [-0.25, -0.2) is 0 Å². The average molecular weight is 305 g/mol. The molecule has 118 valence electrons. The molecule has 5 heteroatoms. The first-order valence-corrected chi connectivity index (χ1v) is 7.49. The van der Waals surface area contributed by atoms with Gasteiger partial charge in [-0.1, -0.05) is 0 Å². The van der Waals surface area contributed by atoms with Crippen molar-refractivity contribution >= 4 is 18.4 Å². The van der Waals surface area contributed by atoms with Gasteiger partial charge in [0.1, 0.15) is 0 Å². The Balaban J connectivity index is 0.00000200. The lowest BCUT2D eigenvalue weighted by molar-refractivity contribution is -0.151. The normalized spacial score (nSPS) is 22.6. The first-order valence-electron chi connectivity index (χ1n) is 7.49. The predicted molar refractivity (Wildman–Crippen MR) is 83.3 cm³/mol. The van der Waals surface area contributed by atoms with Crippen LogP contribution in [0.4, 0.5) is 0 Å². The monoisotopic (exact) mass is 304 g/mol. The van der Waals surface area contributed by atoms with Gasteiger partial charge >= 0.3 is 5.97 Å². The number of hydrogen-bond acceptors (Lipinski definition) is 4. The van der Waals surface area contributed by atoms with Gasteiger partial charge in [0.15, 0.2) is 0 Å². The number of nitrogens with zero attached hydrogens (tertiary/aromatic N) is 1. The number of halogens is 1. The van der Waals surface area contributed by atoms with Gasteiger partial charge in [0.05, 0.1) is 12.5 Å². The lowest BCUT2D eigenvalue weighted by Gasteiger charge is -2.34. The summed E-state index contributed by atoms with van der Waals surface area (Å²) in [7, 11) is 1.48. The number of carbonyl (C=O) groups is 1. The van der Waals surface area contributed by atoms with Crippen molar-refractivity contribution in [1.82, 2.24) is 10.2 Å². The minimum atomic E-state index is -0.362. The van der Waals surface area contributed by atoms with Crippen molar-refractivity contribution < 1.29 is 9.53 Å². The van der Waals surface area contributed by atoms with Crippen LogP contribution in [0.3, 0.4) is 0 Å². The second-order valence-electron chi connectivity index (χ2n) is 6.90. The van der Waals surface area contributed by atoms with Crippen molar-refractivity contribution in [2.75, 3.05) is 39.8 Å². The maximum Gasteiger partial charge on any atom is 0.311 e. The van der Waals surface area contributed by atoms with Gasteiger partial charge in [0, 0.05) is 6.54 Å². The second kappa shape index (κ2) is 7.10. The summed E-state index contributed by atoms with van der Waals surface area (Å²) in [6.07, 6.45) is 4.83. The van der Waals surface area contributed by atoms with Crippen LogP contribution in [0, 0.1) is 10.8 Å². The van der Waals surface area contributed by atoms with Gasteiger partial charge in [0.2, 0.25) is 0 Å². The van der Waals surface area contributed by atoms with Crippen LogP contribution in [-0.4, -0.2) is 50.7 Å². The molecular weight excluding hydrogens is 276 g/mol. The van der Waals surface area contributed by atoms with E-state index in [0.29, 0.717) is 5.41 Å². The van der Waals surface area contributed by atoms with Crippen LogP contribution in [0.1, 0.15) is 39.5 Å². The molecule has 0 atom stereocenters. The average Bonchev–Trinajstić information content (AvgIpc) is 2.79. The number of rotatable bonds is 4. The summed E-state index contributed by atoms with van der Waals surface area (Å²) < 4.78 is 4.87. The van der Waals surface area contributed by atoms with E-state index < -0.39 is 0 Å². The van der Waals surface area contributed by atoms with Crippen LogP contribution in [0.15, 0.2) is 0 Å². The fourth-order valence-electron chi connectivity index (χ4n) is 3.40. The quantitative estimate of drug-likeness (QED) is 0.808. The van der Waals surface area contributed by atoms with Gasteiger partial charge in [0.25, 0.3) is 0 Å². The number of piperidine rings is 1. The Labute approximate surface area is 129 Å². The Morgan fingerprint density at radius 3 is 2.55 bits per heavy atom. The van der Waals surface area contributed by atoms with E-state index in [1.54, 1.807) is 0 Å². The number of nitrogens with one attached hydrogen (secondary N) is 1. The Kier molecular flexibility index (Phi) is 6.29. The van der Waals surface area contributed by atoms with Gasteiger partial charge in [-0.2, -0.15) is 0 Å². The van der Waals surface area contributed by atoms with Crippen molar-refractivity contribution in [3.05, 3.63) is 0 Å². The molecule has 0 amide bonds. The lowest BCUT2D eigenvalue weighted by Crippen LogP contribution is -2.39. The number of methoxy groups -OCH3 is 1. The molecule has 2 rings (SSSR count). The third-order valence-electron chi connectivity index (χ3n) is 4.97. The van der Waals surface area contributed by atoms with Crippen LogP contribution in [0.2, 0.25) is 0 Å². The zero-order chi connectivity index (χ0) is 13.9. The molecule has 0 aromatic heterocycles. The fraction of sp³-hybridized carbons (Fsp3) is 0.933. The van der Waals surface area contributed by atoms with Crippen molar-refractivity contribution in [1.29, 1.82) is 0 Å². The highest BCUT2D eigenvalue weighted by atomic mass is 35.5. The molecule has 0 aromatic carbocycles. The highest BCUT2D eigenvalue weighted by Gasteiger charge is 2.39. The molecule has 2 fully saturated rings. The van der Waals surface area contributed by atoms with E-state index in [9.17, 15) is 4.79 Å². The molecule has 1 N–H and O–H groups in total. The van der Waals surface area contributed by atoms with Gasteiger partial charge in [-0.15, -0.1) is 12.4 Å². The van der Waals surface area contributed by atoms with E-state index in [1.165, 1.54) is 52.6 Å². The Hall–Kier alpha value is -0.320. The first-order chi connectivity index (χ1) is 8.97. The summed E-state index contributed by atoms with van der Waals surface area (Å²) in [5, 5.41) is 3.45. The maximum atomic E-state index is 11.7. The smallest absolute Gasteiger partial charge is 0.311 e. The molecule has 2 heterocycles. The van der Waals surface area contributed by atoms with E-state index in [2.05, 4.69) is 10.2 Å². The Morgan fingerprint density at radius 2 is 1.95 bits per heavy atom. The van der Waals surface area contributed by atoms with E-state index in [4.69, 9.17) is 4.74 Å². The highest BCUT2D eigenvalue weighted by Crippen LogP contribution is 2.39. The zero-order valence-electron chi connectivity index (χ0n) is 13.0. The molecule has 4 nitrogen and oxygen atoms in total. The molecule has 2 aliphatic rings. The highest BCUT2D eigenvalue weighted by molar-refractivity contribution is 5.85. The zero-order valence-corrected chi connectivity index (χ0v) is 13.9. The summed E-state index contributed by atoms with van der Waals surface area (Å²) in [6.45, 7) is 9.72. The first kappa shape index (κ1) is 17.7. The predicted octanol–water partition coefficient (Wildman–Crippen LogP) is 2.07. The third-order valence-corrected chi connectivity index (χ3v) is 4.97. The molecule has 0 aliphatic carbocycles. The number of ether oxygens (including phenoxy) is 1. The molecule has 0 unspecified atom stereocenters. The van der Waals surface area contributed by atoms with Gasteiger partial charge in [-0.3, -0.25) is 4.79 Å². The fourth-order valence-corrected chi connectivity index (χ4v) is 3.40. The van der Waals surface area contributed by atoms with E-state index in [-0.39, 0.29) is 23.8 Å². The summed E-state index contributed by atoms with van der Waals surface area (Å²) in [5.41, 5.74) is 0.194. The summed E-state index contributed by atoms with van der Waals surface area (Å²) in [5.74, 6) is -0.0942. The molecule has 0 radical (unpaired) electrons. The van der Waals surface area contributed by atoms with Crippen molar-refractivity contribution in [3.63, 3.8) is 0 Å². The summed E-state index contributed by atoms with van der Waals surface area (Å²) in [6, 6.07) is 0. The molecule has 0 bridgehead atoms. The standard InChI is InChI=1S/C15H28N2O2.ClH/c1-14(2,13(18)19-3)6-10-17-11-7-15(12-17)4-8-16-9-5-15;/h16H,4-12H2,1-3H3;1H. The van der Waals surface area contributed by atoms with Crippen molar-refractivity contribution in [2.45, 2.75) is 39.5 Å². The number of carbonyl (C=O) groups excluding carboxylic acids is 1. The Bertz CT molecular complexity index is 328. The second-order valence-corrected chi connectivity index (χ2v) is 6.90. The summed E-state index contributed by atoms with van der Waals surface area (Å²) in [4.78, 5) is 14.2. The minimum absolute atomic E-state index is 0. The number of likely N-dealkylation sites (tertiary alicyclic amines) is 1. The van der Waals surface area contributed by atoms with Crippen LogP contribution in [-0.2, 0) is 9.53 Å². The molecule has 0 aromatic rings. The minimum Gasteiger partial charge on any atom is -0.469 e. The maximum absolute atomic E-state index is 11.7. The molecular formula is C15H29ClN2O2. The largest absolute Gasteiger partial charge is 0.469 e. The number of hydrogen-bond donors (Lipinski definition) is 1. The number of esters is 1. The topological polar surface area (TPSA) is 41.6 Å². The van der Waals surface area contributed by atoms with Gasteiger partial charge < -0.3 is 15.0 Å². The van der Waals surface area contributed by atoms with Crippen molar-refractivity contribution in [3.8, 4) is 0 Å². The van der Waals surface area contributed by atoms with E-state index in [1.807, 2.05) is 13.8 Å².